The first-order valence-corrected chi connectivity index (χ1v) is 8.16. The number of phenols is 2. The van der Waals surface area contributed by atoms with Crippen LogP contribution in [0.2, 0.25) is 0 Å². The lowest BCUT2D eigenvalue weighted by atomic mass is 9.78. The summed E-state index contributed by atoms with van der Waals surface area (Å²) in [6.45, 7) is 4.23. The third-order valence-corrected chi connectivity index (χ3v) is 4.00. The summed E-state index contributed by atoms with van der Waals surface area (Å²) < 4.78 is 4.00. The SMILES string of the molecule is CC(C)(c1ccc(O)cc1)c1ccc(O)cc1.OPOPO. The van der Waals surface area contributed by atoms with Crippen LogP contribution < -0.4 is 0 Å². The van der Waals surface area contributed by atoms with Gasteiger partial charge in [0.2, 0.25) is 0 Å². The van der Waals surface area contributed by atoms with Gasteiger partial charge in [-0.25, -0.2) is 0 Å². The van der Waals surface area contributed by atoms with Gasteiger partial charge in [0.05, 0.1) is 0 Å². The molecule has 22 heavy (non-hydrogen) atoms. The van der Waals surface area contributed by atoms with E-state index in [0.29, 0.717) is 0 Å². The fourth-order valence-electron chi connectivity index (χ4n) is 1.94. The number of benzene rings is 2. The van der Waals surface area contributed by atoms with Gasteiger partial charge in [-0.05, 0) is 35.4 Å². The molecule has 0 saturated carbocycles. The molecule has 0 aliphatic carbocycles. The normalized spacial score (nSPS) is 11.8. The van der Waals surface area contributed by atoms with Crippen LogP contribution in [0.25, 0.3) is 0 Å². The monoisotopic (exact) mass is 342 g/mol. The van der Waals surface area contributed by atoms with Gasteiger partial charge in [0, 0.05) is 5.41 Å². The van der Waals surface area contributed by atoms with Gasteiger partial charge in [-0.1, -0.05) is 38.1 Å². The number of rotatable bonds is 4. The number of aromatic hydroxyl groups is 2. The van der Waals surface area contributed by atoms with Gasteiger partial charge in [0.15, 0.2) is 18.1 Å². The molecule has 0 spiro atoms. The largest absolute Gasteiger partial charge is 0.508 e. The minimum Gasteiger partial charge on any atom is -0.508 e. The fraction of sp³-hybridized carbons (Fsp3) is 0.200. The molecule has 0 heterocycles. The summed E-state index contributed by atoms with van der Waals surface area (Å²) in [5, 5.41) is 18.6. The van der Waals surface area contributed by atoms with Crippen LogP contribution in [0.15, 0.2) is 48.5 Å². The molecule has 2 unspecified atom stereocenters. The van der Waals surface area contributed by atoms with E-state index in [1.54, 1.807) is 24.3 Å². The maximum absolute atomic E-state index is 9.30. The van der Waals surface area contributed by atoms with E-state index in [4.69, 9.17) is 9.79 Å². The Morgan fingerprint density at radius 2 is 1.05 bits per heavy atom. The molecule has 2 rings (SSSR count). The zero-order valence-electron chi connectivity index (χ0n) is 12.3. The molecule has 0 radical (unpaired) electrons. The van der Waals surface area contributed by atoms with E-state index in [2.05, 4.69) is 18.2 Å². The number of phenolic OH excluding ortho intramolecular Hbond substituents is 2. The van der Waals surface area contributed by atoms with E-state index in [0.717, 1.165) is 11.1 Å². The van der Waals surface area contributed by atoms with Crippen LogP contribution >= 0.6 is 18.1 Å². The molecule has 0 aliphatic rings. The van der Waals surface area contributed by atoms with Crippen molar-refractivity contribution in [1.29, 1.82) is 0 Å². The molecule has 2 aromatic carbocycles. The van der Waals surface area contributed by atoms with Crippen molar-refractivity contribution in [3.63, 3.8) is 0 Å². The lowest BCUT2D eigenvalue weighted by Crippen LogP contribution is -2.18. The minimum absolute atomic E-state index is 0.151. The smallest absolute Gasteiger partial charge is 0.158 e. The first-order chi connectivity index (χ1) is 10.4. The first-order valence-electron chi connectivity index (χ1n) is 6.45. The summed E-state index contributed by atoms with van der Waals surface area (Å²) in [5.74, 6) is 0.547. The molecule has 4 N–H and O–H groups in total. The summed E-state index contributed by atoms with van der Waals surface area (Å²) in [5.41, 5.74) is 2.10. The van der Waals surface area contributed by atoms with Crippen LogP contribution in [0.4, 0.5) is 0 Å². The van der Waals surface area contributed by atoms with Gasteiger partial charge in [0.25, 0.3) is 0 Å². The molecule has 0 fully saturated rings. The molecule has 120 valence electrons. The average molecular weight is 342 g/mol. The van der Waals surface area contributed by atoms with Crippen LogP contribution in [0.5, 0.6) is 11.5 Å². The lowest BCUT2D eigenvalue weighted by molar-refractivity contribution is 0.474. The molecule has 2 aromatic rings. The summed E-state index contributed by atoms with van der Waals surface area (Å²) in [6, 6.07) is 14.4. The van der Waals surface area contributed by atoms with Crippen LogP contribution in [-0.2, 0) is 9.73 Å². The third-order valence-electron chi connectivity index (χ3n) is 3.27. The van der Waals surface area contributed by atoms with Crippen LogP contribution in [0.1, 0.15) is 25.0 Å². The van der Waals surface area contributed by atoms with E-state index >= 15 is 0 Å². The Kier molecular flexibility index (Phi) is 7.74. The summed E-state index contributed by atoms with van der Waals surface area (Å²) in [6.07, 6.45) is 0. The molecule has 0 bridgehead atoms. The van der Waals surface area contributed by atoms with E-state index in [1.807, 2.05) is 24.3 Å². The maximum Gasteiger partial charge on any atom is 0.158 e. The van der Waals surface area contributed by atoms with Crippen molar-refractivity contribution in [3.8, 4) is 11.5 Å². The molecule has 2 atom stereocenters. The van der Waals surface area contributed by atoms with Crippen LogP contribution in [0.3, 0.4) is 0 Å². The molecule has 0 saturated heterocycles. The quantitative estimate of drug-likeness (QED) is 0.639. The number of hydrogen-bond donors (Lipinski definition) is 4. The van der Waals surface area contributed by atoms with Gasteiger partial charge in [-0.15, -0.1) is 0 Å². The average Bonchev–Trinajstić information content (AvgIpc) is 2.49. The van der Waals surface area contributed by atoms with Gasteiger partial charge in [0.1, 0.15) is 11.5 Å². The highest BCUT2D eigenvalue weighted by Crippen LogP contribution is 2.32. The van der Waals surface area contributed by atoms with Crippen molar-refractivity contribution in [2.24, 2.45) is 0 Å². The van der Waals surface area contributed by atoms with Crippen LogP contribution in [0, 0.1) is 0 Å². The second kappa shape index (κ2) is 9.04. The Morgan fingerprint density at radius 1 is 0.727 bits per heavy atom. The fourth-order valence-corrected chi connectivity index (χ4v) is 2.11. The molecule has 7 heteroatoms. The Bertz CT molecular complexity index is 506. The highest BCUT2D eigenvalue weighted by atomic mass is 31.2. The maximum atomic E-state index is 9.30. The summed E-state index contributed by atoms with van der Waals surface area (Å²) >= 11 is 0. The number of hydrogen-bond acceptors (Lipinski definition) is 5. The van der Waals surface area contributed by atoms with Crippen molar-refractivity contribution in [1.82, 2.24) is 0 Å². The summed E-state index contributed by atoms with van der Waals surface area (Å²) in [7, 11) is -1.16. The predicted molar refractivity (Wildman–Crippen MR) is 90.5 cm³/mol. The lowest BCUT2D eigenvalue weighted by Gasteiger charge is -2.26. The molecular formula is C15H20O5P2. The van der Waals surface area contributed by atoms with E-state index in [1.165, 1.54) is 0 Å². The van der Waals surface area contributed by atoms with E-state index in [-0.39, 0.29) is 16.9 Å². The van der Waals surface area contributed by atoms with E-state index in [9.17, 15) is 10.2 Å². The molecule has 0 aliphatic heterocycles. The third kappa shape index (κ3) is 5.53. The standard InChI is InChI=1S/C15H16O2.H4O3P2/c1-15(2,11-3-7-13(16)8-4-11)12-5-9-14(17)10-6-12;1-4-3-5-2/h3-10,16-17H,1-2H3;1-2,4-5H. The Labute approximate surface area is 133 Å². The molecule has 5 nitrogen and oxygen atoms in total. The second-order valence-corrected chi connectivity index (χ2v) is 6.19. The zero-order chi connectivity index (χ0) is 16.6. The van der Waals surface area contributed by atoms with Crippen molar-refractivity contribution in [2.45, 2.75) is 19.3 Å². The van der Waals surface area contributed by atoms with Crippen LogP contribution in [-0.4, -0.2) is 20.0 Å². The Hall–Kier alpha value is -1.22. The van der Waals surface area contributed by atoms with Crippen molar-refractivity contribution < 1.29 is 24.3 Å². The first kappa shape index (κ1) is 18.8. The molecule has 0 amide bonds. The minimum atomic E-state index is -0.580. The van der Waals surface area contributed by atoms with Gasteiger partial charge >= 0.3 is 0 Å². The Morgan fingerprint density at radius 3 is 1.27 bits per heavy atom. The highest BCUT2D eigenvalue weighted by Gasteiger charge is 2.22. The topological polar surface area (TPSA) is 90.2 Å². The van der Waals surface area contributed by atoms with Crippen molar-refractivity contribution in [3.05, 3.63) is 59.7 Å². The van der Waals surface area contributed by atoms with Gasteiger partial charge in [-0.3, -0.25) is 4.31 Å². The summed E-state index contributed by atoms with van der Waals surface area (Å²) in [4.78, 5) is 15.4. The molecule has 0 aromatic heterocycles. The predicted octanol–water partition coefficient (Wildman–Crippen LogP) is 3.43. The second-order valence-electron chi connectivity index (χ2n) is 5.00. The zero-order valence-corrected chi connectivity index (χ0v) is 14.3. The Balaban J connectivity index is 0.000000422. The van der Waals surface area contributed by atoms with Gasteiger partial charge in [-0.2, -0.15) is 0 Å². The van der Waals surface area contributed by atoms with E-state index < -0.39 is 18.1 Å². The van der Waals surface area contributed by atoms with Gasteiger partial charge < -0.3 is 20.0 Å². The van der Waals surface area contributed by atoms with Crippen molar-refractivity contribution in [2.75, 3.05) is 0 Å². The van der Waals surface area contributed by atoms with Crippen molar-refractivity contribution >= 4 is 18.1 Å². The molecular weight excluding hydrogens is 322 g/mol. The highest BCUT2D eigenvalue weighted by molar-refractivity contribution is 7.39.